The van der Waals surface area contributed by atoms with E-state index in [1.165, 1.54) is 0 Å². The molecule has 0 fully saturated rings. The van der Waals surface area contributed by atoms with Crippen molar-refractivity contribution in [2.75, 3.05) is 0 Å². The minimum absolute atomic E-state index is 0.0884. The molecule has 0 radical (unpaired) electrons. The lowest BCUT2D eigenvalue weighted by Gasteiger charge is -2.11. The van der Waals surface area contributed by atoms with Crippen LogP contribution in [0.15, 0.2) is 42.5 Å². The van der Waals surface area contributed by atoms with Gasteiger partial charge in [-0.25, -0.2) is 0 Å². The molecule has 0 saturated heterocycles. The second-order valence-electron chi connectivity index (χ2n) is 4.39. The average Bonchev–Trinajstić information content (AvgIpc) is 2.36. The van der Waals surface area contributed by atoms with Crippen LogP contribution < -0.4 is 10.5 Å². The number of hydrogen-bond acceptors (Lipinski definition) is 2. The maximum atomic E-state index is 6.15. The quantitative estimate of drug-likeness (QED) is 0.895. The van der Waals surface area contributed by atoms with E-state index in [2.05, 4.69) is 0 Å². The summed E-state index contributed by atoms with van der Waals surface area (Å²) in [5, 5.41) is 1.32. The fourth-order valence-corrected chi connectivity index (χ4v) is 2.32. The van der Waals surface area contributed by atoms with Gasteiger partial charge in [-0.05, 0) is 42.3 Å². The third kappa shape index (κ3) is 3.87. The van der Waals surface area contributed by atoms with Crippen LogP contribution in [0.25, 0.3) is 0 Å². The third-order valence-corrected chi connectivity index (χ3v) is 3.32. The standard InChI is InChI=1S/C15H15Cl2NO/c1-10(18)14-6-5-13(8-15(14)17)19-9-11-3-2-4-12(16)7-11/h2-8,10H,9,18H2,1H3. The first kappa shape index (κ1) is 14.2. The van der Waals surface area contributed by atoms with E-state index in [1.54, 1.807) is 6.07 Å². The molecule has 0 aromatic heterocycles. The first-order chi connectivity index (χ1) is 9.06. The number of hydrogen-bond donors (Lipinski definition) is 1. The Morgan fingerprint density at radius 2 is 1.95 bits per heavy atom. The van der Waals surface area contributed by atoms with Gasteiger partial charge in [0, 0.05) is 16.1 Å². The Kier molecular flexibility index (Phi) is 4.70. The number of benzene rings is 2. The predicted octanol–water partition coefficient (Wildman–Crippen LogP) is 4.59. The minimum Gasteiger partial charge on any atom is -0.489 e. The molecule has 2 nitrogen and oxygen atoms in total. The van der Waals surface area contributed by atoms with E-state index in [-0.39, 0.29) is 6.04 Å². The van der Waals surface area contributed by atoms with Crippen molar-refractivity contribution in [1.82, 2.24) is 0 Å². The van der Waals surface area contributed by atoms with Gasteiger partial charge in [0.05, 0.1) is 0 Å². The average molecular weight is 296 g/mol. The van der Waals surface area contributed by atoms with Crippen LogP contribution in [0.2, 0.25) is 10.0 Å². The lowest BCUT2D eigenvalue weighted by atomic mass is 10.1. The second-order valence-corrected chi connectivity index (χ2v) is 5.23. The number of nitrogens with two attached hydrogens (primary N) is 1. The van der Waals surface area contributed by atoms with E-state index in [0.29, 0.717) is 16.7 Å². The monoisotopic (exact) mass is 295 g/mol. The van der Waals surface area contributed by atoms with Crippen LogP contribution in [0.3, 0.4) is 0 Å². The molecule has 0 spiro atoms. The highest BCUT2D eigenvalue weighted by molar-refractivity contribution is 6.31. The van der Waals surface area contributed by atoms with Gasteiger partial charge in [-0.2, -0.15) is 0 Å². The van der Waals surface area contributed by atoms with Gasteiger partial charge in [0.2, 0.25) is 0 Å². The molecule has 0 saturated carbocycles. The smallest absolute Gasteiger partial charge is 0.121 e. The number of halogens is 2. The predicted molar refractivity (Wildman–Crippen MR) is 79.8 cm³/mol. The Hall–Kier alpha value is -1.22. The molecule has 2 aromatic rings. The van der Waals surface area contributed by atoms with E-state index in [1.807, 2.05) is 43.3 Å². The topological polar surface area (TPSA) is 35.2 Å². The molecule has 2 rings (SSSR count). The molecule has 19 heavy (non-hydrogen) atoms. The summed E-state index contributed by atoms with van der Waals surface area (Å²) in [6.07, 6.45) is 0. The van der Waals surface area contributed by atoms with Gasteiger partial charge in [0.15, 0.2) is 0 Å². The summed E-state index contributed by atoms with van der Waals surface area (Å²) >= 11 is 12.1. The molecule has 1 unspecified atom stereocenters. The molecule has 2 N–H and O–H groups in total. The van der Waals surface area contributed by atoms with Crippen molar-refractivity contribution in [1.29, 1.82) is 0 Å². The molecule has 100 valence electrons. The number of ether oxygens (including phenoxy) is 1. The molecule has 4 heteroatoms. The van der Waals surface area contributed by atoms with Gasteiger partial charge in [-0.1, -0.05) is 41.4 Å². The van der Waals surface area contributed by atoms with Crippen molar-refractivity contribution in [3.8, 4) is 5.75 Å². The van der Waals surface area contributed by atoms with Crippen molar-refractivity contribution in [2.24, 2.45) is 5.73 Å². The van der Waals surface area contributed by atoms with Gasteiger partial charge >= 0.3 is 0 Å². The largest absolute Gasteiger partial charge is 0.489 e. The third-order valence-electron chi connectivity index (χ3n) is 2.76. The Balaban J connectivity index is 2.06. The number of rotatable bonds is 4. The fraction of sp³-hybridized carbons (Fsp3) is 0.200. The highest BCUT2D eigenvalue weighted by Gasteiger charge is 2.06. The molecule has 0 bridgehead atoms. The van der Waals surface area contributed by atoms with Crippen LogP contribution in [-0.4, -0.2) is 0 Å². The maximum Gasteiger partial charge on any atom is 0.121 e. The first-order valence-corrected chi connectivity index (χ1v) is 6.74. The Labute approximate surface area is 123 Å². The SMILES string of the molecule is CC(N)c1ccc(OCc2cccc(Cl)c2)cc1Cl. The van der Waals surface area contributed by atoms with E-state index in [0.717, 1.165) is 16.9 Å². The van der Waals surface area contributed by atoms with E-state index in [9.17, 15) is 0 Å². The molecule has 0 amide bonds. The van der Waals surface area contributed by atoms with Crippen molar-refractivity contribution < 1.29 is 4.74 Å². The summed E-state index contributed by atoms with van der Waals surface area (Å²) in [6.45, 7) is 2.35. The maximum absolute atomic E-state index is 6.15. The normalized spacial score (nSPS) is 12.2. The zero-order valence-electron chi connectivity index (χ0n) is 10.6. The van der Waals surface area contributed by atoms with Gasteiger partial charge in [0.25, 0.3) is 0 Å². The Morgan fingerprint density at radius 1 is 1.16 bits per heavy atom. The van der Waals surface area contributed by atoms with E-state index >= 15 is 0 Å². The fourth-order valence-electron chi connectivity index (χ4n) is 1.76. The summed E-state index contributed by atoms with van der Waals surface area (Å²) in [6, 6.07) is 13.0. The van der Waals surface area contributed by atoms with Gasteiger partial charge in [-0.15, -0.1) is 0 Å². The Bertz CT molecular complexity index is 570. The van der Waals surface area contributed by atoms with Crippen LogP contribution in [0.5, 0.6) is 5.75 Å². The van der Waals surface area contributed by atoms with E-state index in [4.69, 9.17) is 33.7 Å². The summed E-state index contributed by atoms with van der Waals surface area (Å²) < 4.78 is 5.68. The highest BCUT2D eigenvalue weighted by atomic mass is 35.5. The molecular weight excluding hydrogens is 281 g/mol. The van der Waals surface area contributed by atoms with Crippen LogP contribution >= 0.6 is 23.2 Å². The summed E-state index contributed by atoms with van der Waals surface area (Å²) in [5.41, 5.74) is 7.73. The molecule has 0 aliphatic carbocycles. The highest BCUT2D eigenvalue weighted by Crippen LogP contribution is 2.26. The molecule has 0 aliphatic heterocycles. The molecule has 0 aliphatic rings. The molecule has 0 heterocycles. The summed E-state index contributed by atoms with van der Waals surface area (Å²) in [5.74, 6) is 0.717. The minimum atomic E-state index is -0.0884. The van der Waals surface area contributed by atoms with Gasteiger partial charge < -0.3 is 10.5 Å². The second kappa shape index (κ2) is 6.29. The van der Waals surface area contributed by atoms with E-state index < -0.39 is 0 Å². The van der Waals surface area contributed by atoms with Crippen LogP contribution in [0.4, 0.5) is 0 Å². The van der Waals surface area contributed by atoms with Gasteiger partial charge in [0.1, 0.15) is 12.4 Å². The first-order valence-electron chi connectivity index (χ1n) is 5.98. The lowest BCUT2D eigenvalue weighted by Crippen LogP contribution is -2.05. The van der Waals surface area contributed by atoms with Crippen molar-refractivity contribution in [3.05, 3.63) is 63.6 Å². The van der Waals surface area contributed by atoms with Crippen LogP contribution in [0.1, 0.15) is 24.1 Å². The summed E-state index contributed by atoms with van der Waals surface area (Å²) in [7, 11) is 0. The zero-order chi connectivity index (χ0) is 13.8. The zero-order valence-corrected chi connectivity index (χ0v) is 12.1. The Morgan fingerprint density at radius 3 is 2.58 bits per heavy atom. The van der Waals surface area contributed by atoms with Crippen LogP contribution in [-0.2, 0) is 6.61 Å². The van der Waals surface area contributed by atoms with Crippen LogP contribution in [0, 0.1) is 0 Å². The molecule has 1 atom stereocenters. The van der Waals surface area contributed by atoms with Crippen molar-refractivity contribution in [2.45, 2.75) is 19.6 Å². The van der Waals surface area contributed by atoms with Gasteiger partial charge in [-0.3, -0.25) is 0 Å². The summed E-state index contributed by atoms with van der Waals surface area (Å²) in [4.78, 5) is 0. The molecular formula is C15H15Cl2NO. The lowest BCUT2D eigenvalue weighted by molar-refractivity contribution is 0.306. The molecule has 2 aromatic carbocycles. The van der Waals surface area contributed by atoms with Crippen molar-refractivity contribution >= 4 is 23.2 Å². The van der Waals surface area contributed by atoms with Crippen molar-refractivity contribution in [3.63, 3.8) is 0 Å².